The number of nitrogens with one attached hydrogen (secondary N) is 1. The molecule has 0 fully saturated rings. The molecule has 0 heterocycles. The molecule has 5 nitrogen and oxygen atoms in total. The second-order valence-electron chi connectivity index (χ2n) is 5.55. The Kier molecular flexibility index (Phi) is 7.05. The molecule has 0 saturated carbocycles. The lowest BCUT2D eigenvalue weighted by molar-refractivity contribution is -0.135. The molecule has 2 aromatic carbocycles. The van der Waals surface area contributed by atoms with Crippen molar-refractivity contribution in [2.75, 3.05) is 12.0 Å². The summed E-state index contributed by atoms with van der Waals surface area (Å²) in [4.78, 5) is 12.1. The lowest BCUT2D eigenvalue weighted by Gasteiger charge is -2.15. The van der Waals surface area contributed by atoms with Gasteiger partial charge < -0.3 is 9.84 Å². The highest BCUT2D eigenvalue weighted by Crippen LogP contribution is 2.23. The average Bonchev–Trinajstić information content (AvgIpc) is 2.66. The predicted octanol–water partition coefficient (Wildman–Crippen LogP) is 3.84. The second kappa shape index (κ2) is 9.48. The normalized spacial score (nSPS) is 12.3. The molecule has 2 N–H and O–H groups in total. The van der Waals surface area contributed by atoms with E-state index in [4.69, 9.17) is 4.74 Å². The van der Waals surface area contributed by atoms with Crippen LogP contribution in [0.4, 0.5) is 10.1 Å². The van der Waals surface area contributed by atoms with Gasteiger partial charge in [0.15, 0.2) is 0 Å². The number of aliphatic hydroxyl groups excluding tert-OH is 1. The van der Waals surface area contributed by atoms with Gasteiger partial charge in [0.2, 0.25) is 0 Å². The first-order chi connectivity index (χ1) is 12.5. The smallest absolute Gasteiger partial charge is 0.354 e. The SMILES string of the molecule is C=C(C/C(=N\Nc1ccccc1)C(=O)OCC)C(O)c1ccc(F)cc1. The van der Waals surface area contributed by atoms with Crippen LogP contribution in [0.25, 0.3) is 0 Å². The van der Waals surface area contributed by atoms with Crippen LogP contribution in [-0.2, 0) is 9.53 Å². The number of para-hydroxylation sites is 1. The van der Waals surface area contributed by atoms with E-state index in [2.05, 4.69) is 17.1 Å². The van der Waals surface area contributed by atoms with E-state index in [0.717, 1.165) is 0 Å². The quantitative estimate of drug-likeness (QED) is 0.326. The number of ether oxygens (including phenoxy) is 1. The van der Waals surface area contributed by atoms with Crippen LogP contribution in [0, 0.1) is 5.82 Å². The largest absolute Gasteiger partial charge is 0.461 e. The number of anilines is 1. The molecule has 0 aliphatic carbocycles. The van der Waals surface area contributed by atoms with Crippen LogP contribution in [0.5, 0.6) is 0 Å². The van der Waals surface area contributed by atoms with E-state index in [-0.39, 0.29) is 18.7 Å². The van der Waals surface area contributed by atoms with Gasteiger partial charge in [-0.05, 0) is 42.3 Å². The number of nitrogens with zero attached hydrogens (tertiary/aromatic N) is 1. The molecule has 1 unspecified atom stereocenters. The van der Waals surface area contributed by atoms with Gasteiger partial charge in [0, 0.05) is 6.42 Å². The van der Waals surface area contributed by atoms with Gasteiger partial charge in [0.1, 0.15) is 17.6 Å². The molecule has 0 bridgehead atoms. The zero-order chi connectivity index (χ0) is 18.9. The number of esters is 1. The van der Waals surface area contributed by atoms with E-state index < -0.39 is 17.9 Å². The summed E-state index contributed by atoms with van der Waals surface area (Å²) in [7, 11) is 0. The molecule has 1 atom stereocenters. The van der Waals surface area contributed by atoms with Crippen molar-refractivity contribution in [2.45, 2.75) is 19.4 Å². The van der Waals surface area contributed by atoms with Crippen molar-refractivity contribution in [3.8, 4) is 0 Å². The third-order valence-electron chi connectivity index (χ3n) is 3.57. The van der Waals surface area contributed by atoms with Crippen LogP contribution in [0.15, 0.2) is 71.9 Å². The summed E-state index contributed by atoms with van der Waals surface area (Å²) in [6.07, 6.45) is -1.04. The average molecular weight is 356 g/mol. The van der Waals surface area contributed by atoms with Gasteiger partial charge in [-0.2, -0.15) is 5.10 Å². The number of hydrazone groups is 1. The lowest BCUT2D eigenvalue weighted by atomic mass is 9.98. The number of carbonyl (C=O) groups excluding carboxylic acids is 1. The van der Waals surface area contributed by atoms with Crippen LogP contribution < -0.4 is 5.43 Å². The molecule has 0 saturated heterocycles. The molecule has 0 aromatic heterocycles. The Balaban J connectivity index is 2.13. The Morgan fingerprint density at radius 3 is 2.50 bits per heavy atom. The number of benzene rings is 2. The van der Waals surface area contributed by atoms with Crippen LogP contribution >= 0.6 is 0 Å². The fourth-order valence-electron chi connectivity index (χ4n) is 2.21. The molecular formula is C20H21FN2O3. The Bertz CT molecular complexity index is 773. The fourth-order valence-corrected chi connectivity index (χ4v) is 2.21. The maximum absolute atomic E-state index is 13.0. The number of halogens is 1. The summed E-state index contributed by atoms with van der Waals surface area (Å²) in [5.74, 6) is -0.990. The van der Waals surface area contributed by atoms with E-state index in [1.165, 1.54) is 24.3 Å². The highest BCUT2D eigenvalue weighted by atomic mass is 19.1. The number of hydrogen-bond acceptors (Lipinski definition) is 5. The van der Waals surface area contributed by atoms with Crippen LogP contribution in [-0.4, -0.2) is 23.4 Å². The number of rotatable bonds is 8. The minimum Gasteiger partial charge on any atom is -0.461 e. The van der Waals surface area contributed by atoms with Crippen molar-refractivity contribution >= 4 is 17.4 Å². The number of aliphatic hydroxyl groups is 1. The maximum atomic E-state index is 13.0. The number of carbonyl (C=O) groups is 1. The van der Waals surface area contributed by atoms with Crippen molar-refractivity contribution in [1.82, 2.24) is 0 Å². The third kappa shape index (κ3) is 5.53. The molecule has 0 spiro atoms. The first kappa shape index (κ1) is 19.3. The number of hydrogen-bond donors (Lipinski definition) is 2. The maximum Gasteiger partial charge on any atom is 0.354 e. The van der Waals surface area contributed by atoms with Gasteiger partial charge in [-0.3, -0.25) is 5.43 Å². The predicted molar refractivity (Wildman–Crippen MR) is 99.2 cm³/mol. The Labute approximate surface area is 151 Å². The summed E-state index contributed by atoms with van der Waals surface area (Å²) >= 11 is 0. The van der Waals surface area contributed by atoms with Crippen LogP contribution in [0.3, 0.4) is 0 Å². The minimum absolute atomic E-state index is 0.0111. The van der Waals surface area contributed by atoms with Crippen molar-refractivity contribution in [2.24, 2.45) is 5.10 Å². The second-order valence-corrected chi connectivity index (χ2v) is 5.55. The van der Waals surface area contributed by atoms with E-state index in [1.807, 2.05) is 18.2 Å². The van der Waals surface area contributed by atoms with Crippen molar-refractivity contribution < 1.29 is 19.0 Å². The Morgan fingerprint density at radius 1 is 1.23 bits per heavy atom. The summed E-state index contributed by atoms with van der Waals surface area (Å²) in [5, 5.41) is 14.5. The molecular weight excluding hydrogens is 335 g/mol. The van der Waals surface area contributed by atoms with Crippen LogP contribution in [0.1, 0.15) is 25.0 Å². The zero-order valence-electron chi connectivity index (χ0n) is 14.5. The highest BCUT2D eigenvalue weighted by Gasteiger charge is 2.19. The van der Waals surface area contributed by atoms with Gasteiger partial charge in [-0.1, -0.05) is 36.9 Å². The van der Waals surface area contributed by atoms with Crippen LogP contribution in [0.2, 0.25) is 0 Å². The van der Waals surface area contributed by atoms with E-state index >= 15 is 0 Å². The van der Waals surface area contributed by atoms with Crippen molar-refractivity contribution in [3.63, 3.8) is 0 Å². The van der Waals surface area contributed by atoms with Crippen molar-refractivity contribution in [1.29, 1.82) is 0 Å². The highest BCUT2D eigenvalue weighted by molar-refractivity contribution is 6.37. The van der Waals surface area contributed by atoms with E-state index in [9.17, 15) is 14.3 Å². The summed E-state index contributed by atoms with van der Waals surface area (Å²) < 4.78 is 18.0. The molecule has 0 aliphatic rings. The van der Waals surface area contributed by atoms with Crippen molar-refractivity contribution in [3.05, 3.63) is 78.1 Å². The zero-order valence-corrected chi connectivity index (χ0v) is 14.5. The molecule has 26 heavy (non-hydrogen) atoms. The molecule has 2 rings (SSSR count). The molecule has 6 heteroatoms. The van der Waals surface area contributed by atoms with Gasteiger partial charge in [0.25, 0.3) is 0 Å². The van der Waals surface area contributed by atoms with Gasteiger partial charge >= 0.3 is 5.97 Å². The summed E-state index contributed by atoms with van der Waals surface area (Å²) in [6.45, 7) is 5.73. The van der Waals surface area contributed by atoms with E-state index in [1.54, 1.807) is 19.1 Å². The Hall–Kier alpha value is -2.99. The van der Waals surface area contributed by atoms with Gasteiger partial charge in [0.05, 0.1) is 12.3 Å². The lowest BCUT2D eigenvalue weighted by Crippen LogP contribution is -2.21. The molecule has 0 radical (unpaired) electrons. The van der Waals surface area contributed by atoms with Gasteiger partial charge in [-0.15, -0.1) is 0 Å². The molecule has 136 valence electrons. The third-order valence-corrected chi connectivity index (χ3v) is 3.57. The summed E-state index contributed by atoms with van der Waals surface area (Å²) in [5.41, 5.74) is 4.41. The molecule has 2 aromatic rings. The Morgan fingerprint density at radius 2 is 1.88 bits per heavy atom. The molecule has 0 amide bonds. The summed E-state index contributed by atoms with van der Waals surface area (Å²) in [6, 6.07) is 14.6. The monoisotopic (exact) mass is 356 g/mol. The van der Waals surface area contributed by atoms with E-state index in [0.29, 0.717) is 16.8 Å². The minimum atomic E-state index is -1.05. The first-order valence-corrected chi connectivity index (χ1v) is 8.17. The topological polar surface area (TPSA) is 70.9 Å². The standard InChI is InChI=1S/C20H21FN2O3/c1-3-26-20(25)18(23-22-17-7-5-4-6-8-17)13-14(2)19(24)15-9-11-16(21)12-10-15/h4-12,19,22,24H,2-3,13H2,1H3/b23-18+. The first-order valence-electron chi connectivity index (χ1n) is 8.17. The molecule has 0 aliphatic heterocycles. The van der Waals surface area contributed by atoms with Gasteiger partial charge in [-0.25, -0.2) is 9.18 Å². The fraction of sp³-hybridized carbons (Fsp3) is 0.200.